The number of aliphatic hydroxyl groups excluding tert-OH is 1. The van der Waals surface area contributed by atoms with Gasteiger partial charge in [-0.25, -0.2) is 5.48 Å². The monoisotopic (exact) mass is 343 g/mol. The first-order valence-corrected chi connectivity index (χ1v) is 8.56. The maximum atomic E-state index is 12.8. The Morgan fingerprint density at radius 3 is 2.50 bits per heavy atom. The van der Waals surface area contributed by atoms with Gasteiger partial charge in [0.15, 0.2) is 0 Å². The van der Waals surface area contributed by atoms with Crippen molar-refractivity contribution >= 4 is 17.7 Å². The van der Waals surface area contributed by atoms with E-state index >= 15 is 0 Å². The Balaban J connectivity index is 2.90. The minimum absolute atomic E-state index is 0.0308. The highest BCUT2D eigenvalue weighted by Gasteiger charge is 2.40. The summed E-state index contributed by atoms with van der Waals surface area (Å²) in [5.74, 6) is -2.61. The number of rotatable bonds is 8. The lowest BCUT2D eigenvalue weighted by Gasteiger charge is -2.30. The van der Waals surface area contributed by atoms with Gasteiger partial charge in [-0.15, -0.1) is 0 Å². The maximum Gasteiger partial charge on any atom is 0.272 e. The Labute approximate surface area is 142 Å². The molecule has 0 radical (unpaired) electrons. The van der Waals surface area contributed by atoms with Gasteiger partial charge in [0.1, 0.15) is 12.1 Å². The molecule has 4 N–H and O–H groups in total. The van der Waals surface area contributed by atoms with E-state index in [9.17, 15) is 19.5 Å². The number of hydrogen-bond donors (Lipinski definition) is 4. The highest BCUT2D eigenvalue weighted by Crippen LogP contribution is 2.24. The molecule has 24 heavy (non-hydrogen) atoms. The number of carbonyl (C=O) groups excluding carboxylic acids is 3. The van der Waals surface area contributed by atoms with Crippen LogP contribution in [0.15, 0.2) is 0 Å². The Bertz CT molecular complexity index is 455. The van der Waals surface area contributed by atoms with E-state index in [0.717, 1.165) is 6.42 Å². The second-order valence-corrected chi connectivity index (χ2v) is 6.52. The van der Waals surface area contributed by atoms with E-state index in [1.807, 2.05) is 20.8 Å². The Morgan fingerprint density at radius 1 is 1.29 bits per heavy atom. The molecule has 1 heterocycles. The molecule has 3 atom stereocenters. The van der Waals surface area contributed by atoms with Gasteiger partial charge in [0.2, 0.25) is 11.8 Å². The Hall–Kier alpha value is -1.67. The molecular weight excluding hydrogens is 314 g/mol. The van der Waals surface area contributed by atoms with E-state index in [1.165, 1.54) is 10.4 Å². The SMILES string of the molecule is CCCC[C@@H](C(=O)N1CCC[C@H]1C(=O)NC(C)C)[C@H](O)C(=O)NO. The lowest BCUT2D eigenvalue weighted by Crippen LogP contribution is -2.52. The van der Waals surface area contributed by atoms with Crippen LogP contribution in [-0.4, -0.2) is 57.7 Å². The van der Waals surface area contributed by atoms with Crippen molar-refractivity contribution in [1.29, 1.82) is 0 Å². The molecule has 1 fully saturated rings. The molecule has 8 heteroatoms. The maximum absolute atomic E-state index is 12.8. The van der Waals surface area contributed by atoms with Crippen LogP contribution in [0.5, 0.6) is 0 Å². The van der Waals surface area contributed by atoms with Crippen molar-refractivity contribution in [3.63, 3.8) is 0 Å². The molecule has 0 aromatic rings. The molecule has 0 aliphatic carbocycles. The van der Waals surface area contributed by atoms with E-state index < -0.39 is 29.9 Å². The number of aliphatic hydroxyl groups is 1. The fourth-order valence-corrected chi connectivity index (χ4v) is 2.99. The third-order valence-corrected chi connectivity index (χ3v) is 4.22. The smallest absolute Gasteiger partial charge is 0.272 e. The third kappa shape index (κ3) is 5.17. The van der Waals surface area contributed by atoms with Crippen molar-refractivity contribution in [3.05, 3.63) is 0 Å². The summed E-state index contributed by atoms with van der Waals surface area (Å²) in [5, 5.41) is 21.6. The molecule has 0 aromatic heterocycles. The largest absolute Gasteiger partial charge is 0.382 e. The normalized spacial score (nSPS) is 19.9. The van der Waals surface area contributed by atoms with Crippen molar-refractivity contribution in [1.82, 2.24) is 15.7 Å². The standard InChI is InChI=1S/C16H29N3O5/c1-4-5-7-11(13(20)15(22)18-24)16(23)19-9-6-8-12(19)14(21)17-10(2)3/h10-13,20,24H,4-9H2,1-3H3,(H,17,21)(H,18,22)/t11-,12+,13+/m1/s1. The first-order chi connectivity index (χ1) is 11.3. The summed E-state index contributed by atoms with van der Waals surface area (Å²) in [7, 11) is 0. The average molecular weight is 343 g/mol. The van der Waals surface area contributed by atoms with Gasteiger partial charge >= 0.3 is 0 Å². The highest BCUT2D eigenvalue weighted by atomic mass is 16.5. The quantitative estimate of drug-likeness (QED) is 0.370. The van der Waals surface area contributed by atoms with Gasteiger partial charge in [0.05, 0.1) is 5.92 Å². The molecule has 138 valence electrons. The molecular formula is C16H29N3O5. The molecule has 0 aromatic carbocycles. The van der Waals surface area contributed by atoms with Crippen molar-refractivity contribution in [3.8, 4) is 0 Å². The fraction of sp³-hybridized carbons (Fsp3) is 0.812. The lowest BCUT2D eigenvalue weighted by atomic mass is 9.93. The second kappa shape index (κ2) is 9.58. The van der Waals surface area contributed by atoms with E-state index in [-0.39, 0.29) is 11.9 Å². The number of likely N-dealkylation sites (tertiary alicyclic amines) is 1. The van der Waals surface area contributed by atoms with Gasteiger partial charge in [0.25, 0.3) is 5.91 Å². The minimum Gasteiger partial charge on any atom is -0.382 e. The lowest BCUT2D eigenvalue weighted by molar-refractivity contribution is -0.152. The van der Waals surface area contributed by atoms with Gasteiger partial charge in [0, 0.05) is 12.6 Å². The number of nitrogens with zero attached hydrogens (tertiary/aromatic N) is 1. The summed E-state index contributed by atoms with van der Waals surface area (Å²) in [4.78, 5) is 38.1. The zero-order valence-corrected chi connectivity index (χ0v) is 14.6. The van der Waals surface area contributed by atoms with Crippen molar-refractivity contribution in [2.24, 2.45) is 5.92 Å². The number of unbranched alkanes of at least 4 members (excludes halogenated alkanes) is 1. The van der Waals surface area contributed by atoms with Crippen molar-refractivity contribution in [2.75, 3.05) is 6.54 Å². The third-order valence-electron chi connectivity index (χ3n) is 4.22. The minimum atomic E-state index is -1.64. The first kappa shape index (κ1) is 20.4. The van der Waals surface area contributed by atoms with Gasteiger partial charge in [-0.05, 0) is 33.1 Å². The summed E-state index contributed by atoms with van der Waals surface area (Å²) >= 11 is 0. The molecule has 0 bridgehead atoms. The number of nitrogens with one attached hydrogen (secondary N) is 2. The molecule has 1 aliphatic rings. The predicted molar refractivity (Wildman–Crippen MR) is 87.0 cm³/mol. The van der Waals surface area contributed by atoms with Crippen LogP contribution in [-0.2, 0) is 14.4 Å². The van der Waals surface area contributed by atoms with Crippen LogP contribution in [0.25, 0.3) is 0 Å². The van der Waals surface area contributed by atoms with Gasteiger partial charge in [-0.1, -0.05) is 19.8 Å². The number of hydroxylamine groups is 1. The summed E-state index contributed by atoms with van der Waals surface area (Å²) in [6, 6.07) is -0.606. The molecule has 0 unspecified atom stereocenters. The fourth-order valence-electron chi connectivity index (χ4n) is 2.99. The first-order valence-electron chi connectivity index (χ1n) is 8.56. The Morgan fingerprint density at radius 2 is 1.96 bits per heavy atom. The molecule has 0 spiro atoms. The van der Waals surface area contributed by atoms with E-state index in [4.69, 9.17) is 5.21 Å². The summed E-state index contributed by atoms with van der Waals surface area (Å²) < 4.78 is 0. The average Bonchev–Trinajstić information content (AvgIpc) is 3.03. The number of hydrogen-bond acceptors (Lipinski definition) is 5. The van der Waals surface area contributed by atoms with Crippen molar-refractivity contribution < 1.29 is 24.7 Å². The van der Waals surface area contributed by atoms with Crippen LogP contribution < -0.4 is 10.8 Å². The van der Waals surface area contributed by atoms with Gasteiger partial charge in [-0.3, -0.25) is 19.6 Å². The van der Waals surface area contributed by atoms with Crippen LogP contribution >= 0.6 is 0 Å². The summed E-state index contributed by atoms with van der Waals surface area (Å²) in [6.45, 7) is 6.05. The van der Waals surface area contributed by atoms with Crippen molar-refractivity contribution in [2.45, 2.75) is 71.1 Å². The van der Waals surface area contributed by atoms with Crippen LogP contribution in [0, 0.1) is 5.92 Å². The zero-order chi connectivity index (χ0) is 18.3. The van der Waals surface area contributed by atoms with Crippen LogP contribution in [0.4, 0.5) is 0 Å². The number of carbonyl (C=O) groups is 3. The number of amides is 3. The van der Waals surface area contributed by atoms with E-state index in [2.05, 4.69) is 5.32 Å². The molecule has 1 saturated heterocycles. The molecule has 1 aliphatic heterocycles. The second-order valence-electron chi connectivity index (χ2n) is 6.52. The van der Waals surface area contributed by atoms with Crippen LogP contribution in [0.3, 0.4) is 0 Å². The Kier molecular flexibility index (Phi) is 8.14. The highest BCUT2D eigenvalue weighted by molar-refractivity contribution is 5.92. The molecule has 0 saturated carbocycles. The van der Waals surface area contributed by atoms with Crippen LogP contribution in [0.2, 0.25) is 0 Å². The molecule has 3 amide bonds. The predicted octanol–water partition coefficient (Wildman–Crippen LogP) is 0.175. The van der Waals surface area contributed by atoms with Crippen LogP contribution in [0.1, 0.15) is 52.9 Å². The molecule has 8 nitrogen and oxygen atoms in total. The van der Waals surface area contributed by atoms with Gasteiger partial charge < -0.3 is 15.3 Å². The van der Waals surface area contributed by atoms with E-state index in [0.29, 0.717) is 32.2 Å². The summed E-state index contributed by atoms with van der Waals surface area (Å²) in [5.41, 5.74) is 1.39. The zero-order valence-electron chi connectivity index (χ0n) is 14.6. The van der Waals surface area contributed by atoms with Gasteiger partial charge in [-0.2, -0.15) is 0 Å². The molecule has 1 rings (SSSR count). The van der Waals surface area contributed by atoms with E-state index in [1.54, 1.807) is 0 Å². The summed E-state index contributed by atoms with van der Waals surface area (Å²) in [6.07, 6.45) is 1.40. The topological polar surface area (TPSA) is 119 Å².